The predicted octanol–water partition coefficient (Wildman–Crippen LogP) is 2.88. The van der Waals surface area contributed by atoms with E-state index in [1.165, 1.54) is 12.1 Å². The lowest BCUT2D eigenvalue weighted by Gasteiger charge is -2.38. The lowest BCUT2D eigenvalue weighted by molar-refractivity contribution is -0.145. The van der Waals surface area contributed by atoms with Crippen molar-refractivity contribution in [3.63, 3.8) is 0 Å². The van der Waals surface area contributed by atoms with Crippen LogP contribution in [0.5, 0.6) is 5.75 Å². The molecule has 5 heteroatoms. The fourth-order valence-corrected chi connectivity index (χ4v) is 3.08. The van der Waals surface area contributed by atoms with E-state index in [1.807, 2.05) is 30.3 Å². The van der Waals surface area contributed by atoms with Crippen LogP contribution in [0.25, 0.3) is 0 Å². The quantitative estimate of drug-likeness (QED) is 0.910. The van der Waals surface area contributed by atoms with Crippen molar-refractivity contribution in [1.29, 1.82) is 0 Å². The zero-order valence-corrected chi connectivity index (χ0v) is 12.4. The minimum Gasteiger partial charge on any atom is -0.490 e. The Bertz CT molecular complexity index is 716. The van der Waals surface area contributed by atoms with Crippen molar-refractivity contribution in [1.82, 2.24) is 0 Å². The number of hydrogen-bond donors (Lipinski definition) is 2. The van der Waals surface area contributed by atoms with Crippen LogP contribution < -0.4 is 4.74 Å². The predicted molar refractivity (Wildman–Crippen MR) is 81.7 cm³/mol. The number of carboxylic acids is 1. The maximum absolute atomic E-state index is 13.5. The molecular formula is C18H17FO4. The van der Waals surface area contributed by atoms with Crippen LogP contribution >= 0.6 is 0 Å². The van der Waals surface area contributed by atoms with Gasteiger partial charge >= 0.3 is 5.97 Å². The summed E-state index contributed by atoms with van der Waals surface area (Å²) in [7, 11) is 0. The first-order chi connectivity index (χ1) is 11.0. The van der Waals surface area contributed by atoms with E-state index in [1.54, 1.807) is 0 Å². The number of aliphatic carboxylic acids is 1. The van der Waals surface area contributed by atoms with Gasteiger partial charge in [0.1, 0.15) is 23.3 Å². The molecule has 0 bridgehead atoms. The standard InChI is InChI=1S/C18H17FO4/c19-13-6-7-16-15(9-13)18(22,11-17(20)21)10-14(23-16)8-12-4-2-1-3-5-12/h1-7,9,14,22H,8,10-11H2,(H,20,21). The summed E-state index contributed by atoms with van der Waals surface area (Å²) in [4.78, 5) is 11.1. The Morgan fingerprint density at radius 2 is 2.00 bits per heavy atom. The molecule has 0 saturated carbocycles. The van der Waals surface area contributed by atoms with Crippen LogP contribution in [-0.2, 0) is 16.8 Å². The minimum atomic E-state index is -1.64. The van der Waals surface area contributed by atoms with Gasteiger partial charge in [-0.25, -0.2) is 4.39 Å². The summed E-state index contributed by atoms with van der Waals surface area (Å²) in [5.74, 6) is -1.33. The summed E-state index contributed by atoms with van der Waals surface area (Å²) in [5, 5.41) is 19.9. The molecule has 1 heterocycles. The maximum Gasteiger partial charge on any atom is 0.306 e. The second-order valence-electron chi connectivity index (χ2n) is 5.88. The van der Waals surface area contributed by atoms with Crippen LogP contribution in [0.2, 0.25) is 0 Å². The number of halogens is 1. The van der Waals surface area contributed by atoms with E-state index in [9.17, 15) is 14.3 Å². The van der Waals surface area contributed by atoms with Gasteiger partial charge in [-0.05, 0) is 23.8 Å². The second-order valence-corrected chi connectivity index (χ2v) is 5.88. The summed E-state index contributed by atoms with van der Waals surface area (Å²) in [6, 6.07) is 13.4. The number of aliphatic hydroxyl groups is 1. The molecule has 0 fully saturated rings. The highest BCUT2D eigenvalue weighted by Gasteiger charge is 2.42. The Labute approximate surface area is 133 Å². The molecule has 1 aliphatic heterocycles. The molecule has 4 nitrogen and oxygen atoms in total. The van der Waals surface area contributed by atoms with Crippen LogP contribution in [0.4, 0.5) is 4.39 Å². The Hall–Kier alpha value is -2.40. The third kappa shape index (κ3) is 3.35. The number of carboxylic acid groups (broad SMARTS) is 1. The smallest absolute Gasteiger partial charge is 0.306 e. The van der Waals surface area contributed by atoms with Crippen molar-refractivity contribution in [2.45, 2.75) is 31.0 Å². The van der Waals surface area contributed by atoms with E-state index < -0.39 is 23.8 Å². The highest BCUT2D eigenvalue weighted by molar-refractivity contribution is 5.69. The highest BCUT2D eigenvalue weighted by atomic mass is 19.1. The van der Waals surface area contributed by atoms with Crippen LogP contribution in [0.15, 0.2) is 48.5 Å². The molecule has 3 rings (SSSR count). The summed E-state index contributed by atoms with van der Waals surface area (Å²) >= 11 is 0. The van der Waals surface area contributed by atoms with Crippen molar-refractivity contribution < 1.29 is 24.1 Å². The molecule has 2 unspecified atom stereocenters. The van der Waals surface area contributed by atoms with Gasteiger partial charge in [0.2, 0.25) is 0 Å². The van der Waals surface area contributed by atoms with Crippen molar-refractivity contribution >= 4 is 5.97 Å². The van der Waals surface area contributed by atoms with Crippen LogP contribution in [0, 0.1) is 5.82 Å². The lowest BCUT2D eigenvalue weighted by atomic mass is 9.81. The Balaban J connectivity index is 1.93. The Morgan fingerprint density at radius 3 is 2.70 bits per heavy atom. The monoisotopic (exact) mass is 316 g/mol. The SMILES string of the molecule is O=C(O)CC1(O)CC(Cc2ccccc2)Oc2ccc(F)cc21. The van der Waals surface area contributed by atoms with Crippen molar-refractivity contribution in [2.24, 2.45) is 0 Å². The van der Waals surface area contributed by atoms with Gasteiger partial charge in [0, 0.05) is 18.4 Å². The topological polar surface area (TPSA) is 66.8 Å². The van der Waals surface area contributed by atoms with E-state index in [-0.39, 0.29) is 18.1 Å². The van der Waals surface area contributed by atoms with Crippen LogP contribution in [0.1, 0.15) is 24.0 Å². The zero-order valence-electron chi connectivity index (χ0n) is 12.4. The van der Waals surface area contributed by atoms with Gasteiger partial charge in [-0.3, -0.25) is 4.79 Å². The van der Waals surface area contributed by atoms with Gasteiger partial charge in [0.25, 0.3) is 0 Å². The van der Waals surface area contributed by atoms with Gasteiger partial charge in [0.05, 0.1) is 6.42 Å². The van der Waals surface area contributed by atoms with Crippen molar-refractivity contribution in [3.05, 3.63) is 65.5 Å². The zero-order chi connectivity index (χ0) is 16.4. The second kappa shape index (κ2) is 6.01. The molecule has 2 atom stereocenters. The number of benzene rings is 2. The first-order valence-electron chi connectivity index (χ1n) is 7.41. The summed E-state index contributed by atoms with van der Waals surface area (Å²) in [5.41, 5.74) is -0.411. The van der Waals surface area contributed by atoms with E-state index >= 15 is 0 Å². The summed E-state index contributed by atoms with van der Waals surface area (Å²) in [6.07, 6.45) is -0.220. The molecule has 2 N–H and O–H groups in total. The normalized spacial score (nSPS) is 23.0. The fraction of sp³-hybridized carbons (Fsp3) is 0.278. The van der Waals surface area contributed by atoms with Gasteiger partial charge in [0.15, 0.2) is 0 Å². The molecule has 0 aromatic heterocycles. The van der Waals surface area contributed by atoms with Crippen LogP contribution in [0.3, 0.4) is 0 Å². The molecule has 2 aromatic carbocycles. The number of hydrogen-bond acceptors (Lipinski definition) is 3. The van der Waals surface area contributed by atoms with E-state index in [4.69, 9.17) is 9.84 Å². The highest BCUT2D eigenvalue weighted by Crippen LogP contribution is 2.42. The third-order valence-corrected chi connectivity index (χ3v) is 4.05. The molecule has 2 aromatic rings. The third-order valence-electron chi connectivity index (χ3n) is 4.05. The fourth-order valence-electron chi connectivity index (χ4n) is 3.08. The van der Waals surface area contributed by atoms with Crippen molar-refractivity contribution in [3.8, 4) is 5.75 Å². The van der Waals surface area contributed by atoms with Gasteiger partial charge < -0.3 is 14.9 Å². The van der Waals surface area contributed by atoms with E-state index in [0.717, 1.165) is 11.6 Å². The van der Waals surface area contributed by atoms with Crippen molar-refractivity contribution in [2.75, 3.05) is 0 Å². The first kappa shape index (κ1) is 15.5. The Morgan fingerprint density at radius 1 is 1.26 bits per heavy atom. The molecule has 0 aliphatic carbocycles. The van der Waals surface area contributed by atoms with Gasteiger partial charge in [-0.2, -0.15) is 0 Å². The first-order valence-corrected chi connectivity index (χ1v) is 7.41. The molecule has 0 amide bonds. The molecular weight excluding hydrogens is 299 g/mol. The largest absolute Gasteiger partial charge is 0.490 e. The average molecular weight is 316 g/mol. The molecule has 23 heavy (non-hydrogen) atoms. The average Bonchev–Trinajstić information content (AvgIpc) is 2.48. The maximum atomic E-state index is 13.5. The molecule has 1 aliphatic rings. The van der Waals surface area contributed by atoms with Gasteiger partial charge in [-0.15, -0.1) is 0 Å². The van der Waals surface area contributed by atoms with E-state index in [0.29, 0.717) is 12.2 Å². The lowest BCUT2D eigenvalue weighted by Crippen LogP contribution is -2.41. The minimum absolute atomic E-state index is 0.102. The van der Waals surface area contributed by atoms with Gasteiger partial charge in [-0.1, -0.05) is 30.3 Å². The number of fused-ring (bicyclic) bond motifs is 1. The summed E-state index contributed by atoms with van der Waals surface area (Å²) < 4.78 is 19.4. The summed E-state index contributed by atoms with van der Waals surface area (Å²) in [6.45, 7) is 0. The number of ether oxygens (including phenoxy) is 1. The van der Waals surface area contributed by atoms with Crippen LogP contribution in [-0.4, -0.2) is 22.3 Å². The Kier molecular flexibility index (Phi) is 4.05. The van der Waals surface area contributed by atoms with E-state index in [2.05, 4.69) is 0 Å². The molecule has 120 valence electrons. The number of carbonyl (C=O) groups is 1. The number of rotatable bonds is 4. The molecule has 0 radical (unpaired) electrons. The molecule has 0 spiro atoms. The molecule has 0 saturated heterocycles.